The Balaban J connectivity index is 1.89. The third-order valence-corrected chi connectivity index (χ3v) is 4.28. The molecule has 2 amide bonds. The van der Waals surface area contributed by atoms with E-state index in [-0.39, 0.29) is 5.91 Å². The van der Waals surface area contributed by atoms with Crippen LogP contribution in [0.25, 0.3) is 0 Å². The number of ether oxygens (including phenoxy) is 1. The van der Waals surface area contributed by atoms with Gasteiger partial charge in [0.1, 0.15) is 6.04 Å². The van der Waals surface area contributed by atoms with E-state index in [0.29, 0.717) is 23.4 Å². The van der Waals surface area contributed by atoms with Gasteiger partial charge in [-0.15, -0.1) is 0 Å². The fraction of sp³-hybridized carbons (Fsp3) is 0.250. The highest BCUT2D eigenvalue weighted by Gasteiger charge is 2.23. The lowest BCUT2D eigenvalue weighted by molar-refractivity contribution is -0.149. The summed E-state index contributed by atoms with van der Waals surface area (Å²) in [5, 5.41) is 5.32. The van der Waals surface area contributed by atoms with E-state index in [9.17, 15) is 14.4 Å². The molecule has 2 aromatic rings. The zero-order chi connectivity index (χ0) is 19.5. The number of hydrogen-bond donors (Lipinski definition) is 2. The Labute approximate surface area is 162 Å². The standard InChI is InChI=1S/C20H22N2O4S/c1-27-13-12-17(22-19(24)15-8-4-2-5-9-15)20(25)26-14-18(23)21-16-10-6-3-7-11-16/h2-11,17H,12-14H2,1H3,(H,21,23)(H,22,24)/t17-/m1/s1. The van der Waals surface area contributed by atoms with Crippen LogP contribution in [0, 0.1) is 0 Å². The summed E-state index contributed by atoms with van der Waals surface area (Å²) in [5.41, 5.74) is 1.08. The molecule has 0 aromatic heterocycles. The van der Waals surface area contributed by atoms with Crippen molar-refractivity contribution in [2.45, 2.75) is 12.5 Å². The molecule has 7 heteroatoms. The molecule has 6 nitrogen and oxygen atoms in total. The Kier molecular flexibility index (Phi) is 8.38. The van der Waals surface area contributed by atoms with Crippen LogP contribution in [0.4, 0.5) is 5.69 Å². The van der Waals surface area contributed by atoms with E-state index in [2.05, 4.69) is 10.6 Å². The van der Waals surface area contributed by atoms with Gasteiger partial charge in [0.15, 0.2) is 6.61 Å². The van der Waals surface area contributed by atoms with Crippen LogP contribution in [0.5, 0.6) is 0 Å². The quantitative estimate of drug-likeness (QED) is 0.648. The van der Waals surface area contributed by atoms with Crippen molar-refractivity contribution >= 4 is 35.2 Å². The molecule has 0 saturated heterocycles. The number of nitrogens with one attached hydrogen (secondary N) is 2. The van der Waals surface area contributed by atoms with Crippen LogP contribution in [0.2, 0.25) is 0 Å². The molecule has 0 fully saturated rings. The van der Waals surface area contributed by atoms with Gasteiger partial charge in [0, 0.05) is 11.3 Å². The molecule has 2 N–H and O–H groups in total. The van der Waals surface area contributed by atoms with E-state index in [4.69, 9.17) is 4.74 Å². The molecule has 0 bridgehead atoms. The Morgan fingerprint density at radius 3 is 2.26 bits per heavy atom. The van der Waals surface area contributed by atoms with E-state index in [0.717, 1.165) is 0 Å². The van der Waals surface area contributed by atoms with Crippen LogP contribution in [0.15, 0.2) is 60.7 Å². The van der Waals surface area contributed by atoms with Gasteiger partial charge < -0.3 is 15.4 Å². The summed E-state index contributed by atoms with van der Waals surface area (Å²) in [4.78, 5) is 36.6. The maximum absolute atomic E-state index is 12.3. The van der Waals surface area contributed by atoms with Crippen LogP contribution in [-0.2, 0) is 14.3 Å². The first-order chi connectivity index (χ1) is 13.1. The third kappa shape index (κ3) is 7.15. The van der Waals surface area contributed by atoms with E-state index in [1.807, 2.05) is 18.4 Å². The Morgan fingerprint density at radius 1 is 1.00 bits per heavy atom. The van der Waals surface area contributed by atoms with Crippen LogP contribution in [0.1, 0.15) is 16.8 Å². The van der Waals surface area contributed by atoms with Crippen molar-refractivity contribution in [2.75, 3.05) is 23.9 Å². The Morgan fingerprint density at radius 2 is 1.63 bits per heavy atom. The van der Waals surface area contributed by atoms with Gasteiger partial charge in [-0.3, -0.25) is 9.59 Å². The number of anilines is 1. The van der Waals surface area contributed by atoms with Crippen molar-refractivity contribution in [2.24, 2.45) is 0 Å². The highest BCUT2D eigenvalue weighted by atomic mass is 32.2. The lowest BCUT2D eigenvalue weighted by Gasteiger charge is -2.17. The van der Waals surface area contributed by atoms with Gasteiger partial charge in [-0.1, -0.05) is 36.4 Å². The van der Waals surface area contributed by atoms with Gasteiger partial charge in [0.2, 0.25) is 0 Å². The van der Waals surface area contributed by atoms with Crippen LogP contribution >= 0.6 is 11.8 Å². The van der Waals surface area contributed by atoms with Gasteiger partial charge in [-0.25, -0.2) is 4.79 Å². The highest BCUT2D eigenvalue weighted by molar-refractivity contribution is 7.98. The zero-order valence-corrected chi connectivity index (χ0v) is 15.8. The van der Waals surface area contributed by atoms with Gasteiger partial charge in [-0.05, 0) is 42.7 Å². The third-order valence-electron chi connectivity index (χ3n) is 3.64. The van der Waals surface area contributed by atoms with Crippen LogP contribution in [-0.4, -0.2) is 42.4 Å². The van der Waals surface area contributed by atoms with E-state index in [1.165, 1.54) is 0 Å². The average molecular weight is 386 g/mol. The largest absolute Gasteiger partial charge is 0.454 e. The number of hydrogen-bond acceptors (Lipinski definition) is 5. The number of rotatable bonds is 9. The molecule has 0 aliphatic rings. The first-order valence-corrected chi connectivity index (χ1v) is 9.86. The smallest absolute Gasteiger partial charge is 0.329 e. The monoisotopic (exact) mass is 386 g/mol. The summed E-state index contributed by atoms with van der Waals surface area (Å²) < 4.78 is 5.10. The van der Waals surface area contributed by atoms with Crippen molar-refractivity contribution in [1.29, 1.82) is 0 Å². The molecule has 27 heavy (non-hydrogen) atoms. The predicted molar refractivity (Wildman–Crippen MR) is 107 cm³/mol. The molecule has 2 aromatic carbocycles. The van der Waals surface area contributed by atoms with E-state index < -0.39 is 24.5 Å². The van der Waals surface area contributed by atoms with E-state index >= 15 is 0 Å². The number of thioether (sulfide) groups is 1. The van der Waals surface area contributed by atoms with Gasteiger partial charge in [-0.2, -0.15) is 11.8 Å². The van der Waals surface area contributed by atoms with Crippen LogP contribution in [0.3, 0.4) is 0 Å². The molecule has 0 aliphatic heterocycles. The van der Waals surface area contributed by atoms with Crippen molar-refractivity contribution in [1.82, 2.24) is 5.32 Å². The molecular formula is C20H22N2O4S. The van der Waals surface area contributed by atoms with Gasteiger partial charge in [0.05, 0.1) is 0 Å². The summed E-state index contributed by atoms with van der Waals surface area (Å²) in [5.74, 6) is -0.748. The maximum atomic E-state index is 12.3. The SMILES string of the molecule is CSCC[C@@H](NC(=O)c1ccccc1)C(=O)OCC(=O)Nc1ccccc1. The molecular weight excluding hydrogens is 364 g/mol. The minimum absolute atomic E-state index is 0.354. The highest BCUT2D eigenvalue weighted by Crippen LogP contribution is 2.07. The number of amides is 2. The number of carbonyl (C=O) groups is 3. The summed E-state index contributed by atoms with van der Waals surface area (Å²) >= 11 is 1.56. The topological polar surface area (TPSA) is 84.5 Å². The Bertz CT molecular complexity index is 753. The molecule has 0 aliphatic carbocycles. The Hall–Kier alpha value is -2.80. The van der Waals surface area contributed by atoms with Crippen molar-refractivity contribution in [3.05, 3.63) is 66.2 Å². The lowest BCUT2D eigenvalue weighted by Crippen LogP contribution is -2.43. The predicted octanol–water partition coefficient (Wildman–Crippen LogP) is 2.72. The summed E-state index contributed by atoms with van der Waals surface area (Å²) in [6.45, 7) is -0.412. The molecule has 1 atom stereocenters. The maximum Gasteiger partial charge on any atom is 0.329 e. The first-order valence-electron chi connectivity index (χ1n) is 8.46. The fourth-order valence-electron chi connectivity index (χ4n) is 2.27. The molecule has 0 unspecified atom stereocenters. The molecule has 0 heterocycles. The number of benzene rings is 2. The minimum atomic E-state index is -0.810. The second-order valence-corrected chi connectivity index (χ2v) is 6.68. The van der Waals surface area contributed by atoms with Crippen LogP contribution < -0.4 is 10.6 Å². The number of para-hydroxylation sites is 1. The van der Waals surface area contributed by atoms with Crippen molar-refractivity contribution in [3.8, 4) is 0 Å². The van der Waals surface area contributed by atoms with Gasteiger partial charge in [0.25, 0.3) is 11.8 Å². The normalized spacial score (nSPS) is 11.3. The molecule has 0 spiro atoms. The zero-order valence-electron chi connectivity index (χ0n) is 15.0. The van der Waals surface area contributed by atoms with Crippen molar-refractivity contribution < 1.29 is 19.1 Å². The number of carbonyl (C=O) groups excluding carboxylic acids is 3. The average Bonchev–Trinajstić information content (AvgIpc) is 2.70. The summed E-state index contributed by atoms with van der Waals surface area (Å²) in [6.07, 6.45) is 2.33. The van der Waals surface area contributed by atoms with Crippen molar-refractivity contribution in [3.63, 3.8) is 0 Å². The molecule has 142 valence electrons. The summed E-state index contributed by atoms with van der Waals surface area (Å²) in [6, 6.07) is 16.7. The molecule has 2 rings (SSSR count). The second kappa shape index (κ2) is 11.0. The molecule has 0 saturated carbocycles. The minimum Gasteiger partial charge on any atom is -0.454 e. The molecule has 0 radical (unpaired) electrons. The fourth-order valence-corrected chi connectivity index (χ4v) is 2.74. The number of esters is 1. The summed E-state index contributed by atoms with van der Waals surface area (Å²) in [7, 11) is 0. The first kappa shape index (κ1) is 20.5. The lowest BCUT2D eigenvalue weighted by atomic mass is 10.1. The van der Waals surface area contributed by atoms with E-state index in [1.54, 1.807) is 60.3 Å². The van der Waals surface area contributed by atoms with Gasteiger partial charge >= 0.3 is 5.97 Å². The second-order valence-electron chi connectivity index (χ2n) is 5.70.